The van der Waals surface area contributed by atoms with Crippen LogP contribution in [-0.2, 0) is 25.7 Å². The smallest absolute Gasteiger partial charge is 0.229 e. The second kappa shape index (κ2) is 6.20. The van der Waals surface area contributed by atoms with Gasteiger partial charge in [-0.2, -0.15) is 4.31 Å². The first-order valence-corrected chi connectivity index (χ1v) is 10.1. The summed E-state index contributed by atoms with van der Waals surface area (Å²) >= 11 is 5.57. The van der Waals surface area contributed by atoms with E-state index in [9.17, 15) is 21.2 Å². The molecule has 1 aromatic rings. The molecule has 9 heteroatoms. The van der Waals surface area contributed by atoms with Gasteiger partial charge in [0.25, 0.3) is 0 Å². The molecule has 0 amide bonds. The zero-order valence-corrected chi connectivity index (χ0v) is 13.5. The van der Waals surface area contributed by atoms with Crippen LogP contribution >= 0.6 is 11.6 Å². The van der Waals surface area contributed by atoms with Crippen molar-refractivity contribution in [3.63, 3.8) is 0 Å². The molecule has 1 heterocycles. The van der Waals surface area contributed by atoms with Gasteiger partial charge < -0.3 is 0 Å². The van der Waals surface area contributed by atoms with Crippen LogP contribution in [0.25, 0.3) is 0 Å². The van der Waals surface area contributed by atoms with E-state index in [-0.39, 0.29) is 36.9 Å². The third-order valence-electron chi connectivity index (χ3n) is 3.28. The standard InChI is InChI=1S/C12H15ClFNO4S2/c13-9-10-2-3-12(11(14)8-10)21(18,19)15-4-1-6-20(16,17)7-5-15/h2-3,8H,1,4-7,9H2. The molecule has 0 radical (unpaired) electrons. The summed E-state index contributed by atoms with van der Waals surface area (Å²) < 4.78 is 62.9. The van der Waals surface area contributed by atoms with Gasteiger partial charge >= 0.3 is 0 Å². The summed E-state index contributed by atoms with van der Waals surface area (Å²) in [6, 6.07) is 3.69. The number of benzene rings is 1. The van der Waals surface area contributed by atoms with Gasteiger partial charge in [-0.1, -0.05) is 6.07 Å². The van der Waals surface area contributed by atoms with Gasteiger partial charge in [0.2, 0.25) is 10.0 Å². The molecule has 0 saturated carbocycles. The van der Waals surface area contributed by atoms with Gasteiger partial charge in [-0.25, -0.2) is 21.2 Å². The van der Waals surface area contributed by atoms with Gasteiger partial charge in [0.05, 0.1) is 11.5 Å². The van der Waals surface area contributed by atoms with Gasteiger partial charge in [-0.05, 0) is 24.1 Å². The van der Waals surface area contributed by atoms with Crippen molar-refractivity contribution < 1.29 is 21.2 Å². The normalized spacial score (nSPS) is 20.1. The molecule has 21 heavy (non-hydrogen) atoms. The Morgan fingerprint density at radius 2 is 1.95 bits per heavy atom. The molecule has 1 saturated heterocycles. The zero-order chi connectivity index (χ0) is 15.7. The van der Waals surface area contributed by atoms with E-state index in [4.69, 9.17) is 11.6 Å². The molecule has 1 aliphatic rings. The van der Waals surface area contributed by atoms with Crippen LogP contribution in [-0.4, -0.2) is 45.7 Å². The minimum Gasteiger partial charge on any atom is -0.229 e. The van der Waals surface area contributed by atoms with Crippen molar-refractivity contribution >= 4 is 31.5 Å². The predicted molar refractivity (Wildman–Crippen MR) is 78.0 cm³/mol. The van der Waals surface area contributed by atoms with Crippen molar-refractivity contribution in [3.05, 3.63) is 29.6 Å². The second-order valence-corrected chi connectivity index (χ2v) is 9.29. The zero-order valence-electron chi connectivity index (χ0n) is 11.1. The van der Waals surface area contributed by atoms with Crippen LogP contribution < -0.4 is 0 Å². The average molecular weight is 356 g/mol. The Balaban J connectivity index is 2.34. The minimum atomic E-state index is -4.04. The van der Waals surface area contributed by atoms with Crippen molar-refractivity contribution in [2.24, 2.45) is 0 Å². The summed E-state index contributed by atoms with van der Waals surface area (Å²) in [6.07, 6.45) is 0.211. The maximum atomic E-state index is 14.0. The lowest BCUT2D eigenvalue weighted by molar-refractivity contribution is 0.430. The van der Waals surface area contributed by atoms with Crippen molar-refractivity contribution in [2.75, 3.05) is 24.6 Å². The number of hydrogen-bond acceptors (Lipinski definition) is 4. The van der Waals surface area contributed by atoms with Crippen LogP contribution in [0.4, 0.5) is 4.39 Å². The van der Waals surface area contributed by atoms with E-state index in [2.05, 4.69) is 0 Å². The maximum Gasteiger partial charge on any atom is 0.246 e. The van der Waals surface area contributed by atoms with E-state index in [1.807, 2.05) is 0 Å². The molecule has 0 N–H and O–H groups in total. The highest BCUT2D eigenvalue weighted by molar-refractivity contribution is 7.91. The Morgan fingerprint density at radius 3 is 2.57 bits per heavy atom. The summed E-state index contributed by atoms with van der Waals surface area (Å²) in [7, 11) is -7.27. The fraction of sp³-hybridized carbons (Fsp3) is 0.500. The first-order valence-electron chi connectivity index (χ1n) is 6.31. The van der Waals surface area contributed by atoms with E-state index in [0.29, 0.717) is 5.56 Å². The van der Waals surface area contributed by atoms with Gasteiger partial charge in [-0.15, -0.1) is 11.6 Å². The van der Waals surface area contributed by atoms with Gasteiger partial charge in [0, 0.05) is 19.0 Å². The number of alkyl halides is 1. The highest BCUT2D eigenvalue weighted by Crippen LogP contribution is 2.22. The number of sulfonamides is 1. The number of rotatable bonds is 3. The molecule has 0 spiro atoms. The van der Waals surface area contributed by atoms with Crippen LogP contribution in [0, 0.1) is 5.82 Å². The van der Waals surface area contributed by atoms with Crippen LogP contribution in [0.2, 0.25) is 0 Å². The van der Waals surface area contributed by atoms with Crippen molar-refractivity contribution in [1.82, 2.24) is 4.31 Å². The molecule has 1 fully saturated rings. The topological polar surface area (TPSA) is 71.5 Å². The molecule has 1 aliphatic heterocycles. The fourth-order valence-corrected chi connectivity index (χ4v) is 5.21. The van der Waals surface area contributed by atoms with Gasteiger partial charge in [-0.3, -0.25) is 0 Å². The summed E-state index contributed by atoms with van der Waals surface area (Å²) in [6.45, 7) is -0.0837. The molecule has 0 bridgehead atoms. The first kappa shape index (κ1) is 16.7. The summed E-state index contributed by atoms with van der Waals surface area (Å²) in [4.78, 5) is -0.448. The lowest BCUT2D eigenvalue weighted by atomic mass is 10.2. The molecule has 0 aliphatic carbocycles. The van der Waals surface area contributed by atoms with E-state index in [1.54, 1.807) is 0 Å². The average Bonchev–Trinajstić information content (AvgIpc) is 2.59. The van der Waals surface area contributed by atoms with Crippen LogP contribution in [0.5, 0.6) is 0 Å². The molecule has 5 nitrogen and oxygen atoms in total. The van der Waals surface area contributed by atoms with E-state index >= 15 is 0 Å². The highest BCUT2D eigenvalue weighted by Gasteiger charge is 2.30. The predicted octanol–water partition coefficient (Wildman–Crippen LogP) is 1.37. The molecular formula is C12H15ClFNO4S2. The van der Waals surface area contributed by atoms with E-state index in [1.165, 1.54) is 12.1 Å². The molecule has 118 valence electrons. The Morgan fingerprint density at radius 1 is 1.24 bits per heavy atom. The molecular weight excluding hydrogens is 341 g/mol. The first-order chi connectivity index (χ1) is 9.76. The van der Waals surface area contributed by atoms with Crippen LogP contribution in [0.15, 0.2) is 23.1 Å². The number of hydrogen-bond donors (Lipinski definition) is 0. The summed E-state index contributed by atoms with van der Waals surface area (Å²) in [5.41, 5.74) is 0.478. The third kappa shape index (κ3) is 3.74. The highest BCUT2D eigenvalue weighted by atomic mass is 35.5. The molecule has 1 aromatic carbocycles. The SMILES string of the molecule is O=S1(=O)CCCN(S(=O)(=O)c2ccc(CCl)cc2F)CC1. The summed E-state index contributed by atoms with van der Waals surface area (Å²) in [5, 5.41) is 0. The van der Waals surface area contributed by atoms with Crippen molar-refractivity contribution in [2.45, 2.75) is 17.2 Å². The maximum absolute atomic E-state index is 14.0. The minimum absolute atomic E-state index is 0.0489. The molecule has 0 aromatic heterocycles. The Labute approximate surface area is 128 Å². The lowest BCUT2D eigenvalue weighted by Gasteiger charge is -2.19. The number of halogens is 2. The van der Waals surface area contributed by atoms with Crippen LogP contribution in [0.1, 0.15) is 12.0 Å². The van der Waals surface area contributed by atoms with Gasteiger partial charge in [0.15, 0.2) is 9.84 Å². The molecule has 2 rings (SSSR count). The summed E-state index contributed by atoms with van der Waals surface area (Å²) in [5.74, 6) is -1.08. The largest absolute Gasteiger partial charge is 0.246 e. The molecule has 0 unspecified atom stereocenters. The Hall–Kier alpha value is -0.700. The lowest BCUT2D eigenvalue weighted by Crippen LogP contribution is -2.34. The van der Waals surface area contributed by atoms with Crippen molar-refractivity contribution in [1.29, 1.82) is 0 Å². The number of nitrogens with zero attached hydrogens (tertiary/aromatic N) is 1. The monoisotopic (exact) mass is 355 g/mol. The van der Waals surface area contributed by atoms with Crippen LogP contribution in [0.3, 0.4) is 0 Å². The Bertz CT molecular complexity index is 734. The van der Waals surface area contributed by atoms with E-state index in [0.717, 1.165) is 10.4 Å². The fourth-order valence-electron chi connectivity index (χ4n) is 2.13. The Kier molecular flexibility index (Phi) is 4.92. The van der Waals surface area contributed by atoms with Crippen molar-refractivity contribution in [3.8, 4) is 0 Å². The third-order valence-corrected chi connectivity index (χ3v) is 7.24. The molecule has 0 atom stereocenters. The quantitative estimate of drug-likeness (QED) is 0.768. The van der Waals surface area contributed by atoms with Gasteiger partial charge in [0.1, 0.15) is 10.7 Å². The van der Waals surface area contributed by atoms with E-state index < -0.39 is 30.6 Å². The number of sulfone groups is 1. The second-order valence-electron chi connectivity index (χ2n) is 4.81.